The van der Waals surface area contributed by atoms with Gasteiger partial charge in [-0.2, -0.15) is 0 Å². The number of pyridine rings is 1. The highest BCUT2D eigenvalue weighted by atomic mass is 32.2. The fourth-order valence-electron chi connectivity index (χ4n) is 3.75. The van der Waals surface area contributed by atoms with Crippen molar-refractivity contribution in [3.63, 3.8) is 0 Å². The lowest BCUT2D eigenvalue weighted by molar-refractivity contribution is -0.145. The van der Waals surface area contributed by atoms with Crippen molar-refractivity contribution in [3.05, 3.63) is 84.2 Å². The third-order valence-electron chi connectivity index (χ3n) is 5.77. The summed E-state index contributed by atoms with van der Waals surface area (Å²) < 4.78 is 38.5. The van der Waals surface area contributed by atoms with E-state index < -0.39 is 10.0 Å². The number of methoxy groups -OCH3 is 1. The average molecular weight is 494 g/mol. The smallest absolute Gasteiger partial charge is 0.323 e. The summed E-state index contributed by atoms with van der Waals surface area (Å²) >= 11 is 0. The number of aromatic nitrogens is 2. The van der Waals surface area contributed by atoms with Crippen molar-refractivity contribution in [2.45, 2.75) is 24.3 Å². The van der Waals surface area contributed by atoms with Crippen LogP contribution in [0, 0.1) is 6.92 Å². The van der Waals surface area contributed by atoms with Crippen molar-refractivity contribution in [2.75, 3.05) is 21.2 Å². The number of fused-ring (bicyclic) bond motifs is 1. The van der Waals surface area contributed by atoms with Gasteiger partial charge in [-0.1, -0.05) is 29.8 Å². The number of aryl methyl sites for hydroxylation is 1. The summed E-state index contributed by atoms with van der Waals surface area (Å²) in [6.45, 7) is 1.90. The molecule has 4 rings (SSSR count). The molecule has 0 N–H and O–H groups in total. The number of nitrogens with zero attached hydrogens (tertiary/aromatic N) is 3. The first-order chi connectivity index (χ1) is 16.7. The molecule has 1 atom stereocenters. The molecule has 0 amide bonds. The highest BCUT2D eigenvalue weighted by Crippen LogP contribution is 2.31. The first kappa shape index (κ1) is 24.4. The standard InChI is InChI=1S/C26H27N3O5S/c1-18-5-11-21(12-6-18)35(31,32)29-16-14-22-24(13-15-27-25(22)29)34-20-9-7-19(8-10-20)17-23(28(2)3)26(30)33-4/h5-16,23H,17H2,1-4H3. The van der Waals surface area contributed by atoms with Gasteiger partial charge >= 0.3 is 5.97 Å². The maximum absolute atomic E-state index is 13.2. The molecule has 1 unspecified atom stereocenters. The molecule has 0 bridgehead atoms. The van der Waals surface area contributed by atoms with Crippen LogP contribution in [0.3, 0.4) is 0 Å². The number of benzene rings is 2. The average Bonchev–Trinajstić information content (AvgIpc) is 3.29. The normalized spacial score (nSPS) is 12.6. The second-order valence-electron chi connectivity index (χ2n) is 8.43. The maximum Gasteiger partial charge on any atom is 0.323 e. The number of rotatable bonds is 8. The molecule has 0 aliphatic heterocycles. The number of hydrogen-bond donors (Lipinski definition) is 0. The van der Waals surface area contributed by atoms with Crippen LogP contribution in [-0.2, 0) is 26.0 Å². The van der Waals surface area contributed by atoms with E-state index in [9.17, 15) is 13.2 Å². The molecule has 2 heterocycles. The molecular formula is C26H27N3O5S. The summed E-state index contributed by atoms with van der Waals surface area (Å²) in [7, 11) is 1.24. The third kappa shape index (κ3) is 5.06. The highest BCUT2D eigenvalue weighted by molar-refractivity contribution is 7.90. The van der Waals surface area contributed by atoms with Gasteiger partial charge in [0.25, 0.3) is 10.0 Å². The van der Waals surface area contributed by atoms with Gasteiger partial charge in [0.15, 0.2) is 5.65 Å². The lowest BCUT2D eigenvalue weighted by atomic mass is 10.1. The van der Waals surface area contributed by atoms with Gasteiger partial charge in [0.05, 0.1) is 17.4 Å². The Hall–Kier alpha value is -3.69. The fraction of sp³-hybridized carbons (Fsp3) is 0.231. The van der Waals surface area contributed by atoms with Crippen LogP contribution in [0.1, 0.15) is 11.1 Å². The fourth-order valence-corrected chi connectivity index (χ4v) is 5.05. The van der Waals surface area contributed by atoms with Gasteiger partial charge in [0, 0.05) is 12.4 Å². The molecule has 2 aromatic carbocycles. The lowest BCUT2D eigenvalue weighted by Crippen LogP contribution is -2.38. The Bertz CT molecular complexity index is 1440. The molecule has 0 fully saturated rings. The van der Waals surface area contributed by atoms with E-state index in [-0.39, 0.29) is 22.6 Å². The Morgan fingerprint density at radius 1 is 1.03 bits per heavy atom. The monoisotopic (exact) mass is 493 g/mol. The van der Waals surface area contributed by atoms with E-state index in [0.29, 0.717) is 23.3 Å². The summed E-state index contributed by atoms with van der Waals surface area (Å²) in [5, 5.41) is 0.575. The van der Waals surface area contributed by atoms with Crippen molar-refractivity contribution in [2.24, 2.45) is 0 Å². The zero-order valence-electron chi connectivity index (χ0n) is 20.0. The molecule has 2 aromatic heterocycles. The molecule has 0 spiro atoms. The molecule has 4 aromatic rings. The van der Waals surface area contributed by atoms with Gasteiger partial charge in [-0.3, -0.25) is 9.69 Å². The van der Waals surface area contributed by atoms with Crippen molar-refractivity contribution >= 4 is 27.0 Å². The number of likely N-dealkylation sites (N-methyl/N-ethyl adjacent to an activating group) is 1. The Balaban J connectivity index is 1.59. The second kappa shape index (κ2) is 9.89. The molecule has 0 aliphatic carbocycles. The van der Waals surface area contributed by atoms with Gasteiger partial charge in [0.2, 0.25) is 0 Å². The maximum atomic E-state index is 13.2. The quantitative estimate of drug-likeness (QED) is 0.343. The minimum absolute atomic E-state index is 0.187. The number of hydrogen-bond acceptors (Lipinski definition) is 7. The summed E-state index contributed by atoms with van der Waals surface area (Å²) in [6.07, 6.45) is 3.50. The molecule has 9 heteroatoms. The van der Waals surface area contributed by atoms with Gasteiger partial charge in [-0.05, 0) is 69.4 Å². The SMILES string of the molecule is COC(=O)C(Cc1ccc(Oc2ccnc3c2ccn3S(=O)(=O)c2ccc(C)cc2)cc1)N(C)C. The molecule has 182 valence electrons. The molecule has 35 heavy (non-hydrogen) atoms. The van der Waals surface area contributed by atoms with Crippen LogP contribution in [0.5, 0.6) is 11.5 Å². The zero-order valence-corrected chi connectivity index (χ0v) is 20.8. The first-order valence-corrected chi connectivity index (χ1v) is 12.4. The summed E-state index contributed by atoms with van der Waals surface area (Å²) in [5.74, 6) is 0.774. The Kier molecular flexibility index (Phi) is 6.90. The number of carbonyl (C=O) groups excluding carboxylic acids is 1. The van der Waals surface area contributed by atoms with Crippen LogP contribution < -0.4 is 4.74 Å². The number of esters is 1. The van der Waals surface area contributed by atoms with Crippen LogP contribution in [0.25, 0.3) is 11.0 Å². The molecular weight excluding hydrogens is 466 g/mol. The summed E-state index contributed by atoms with van der Waals surface area (Å²) in [6, 6.07) is 17.1. The van der Waals surface area contributed by atoms with Crippen LogP contribution in [0.15, 0.2) is 78.0 Å². The van der Waals surface area contributed by atoms with E-state index in [1.165, 1.54) is 19.5 Å². The summed E-state index contributed by atoms with van der Waals surface area (Å²) in [5.41, 5.74) is 2.21. The van der Waals surface area contributed by atoms with E-state index in [1.54, 1.807) is 36.4 Å². The predicted molar refractivity (Wildman–Crippen MR) is 133 cm³/mol. The van der Waals surface area contributed by atoms with E-state index >= 15 is 0 Å². The third-order valence-corrected chi connectivity index (χ3v) is 7.45. The largest absolute Gasteiger partial charge is 0.468 e. The molecule has 8 nitrogen and oxygen atoms in total. The Labute approximate surface area is 204 Å². The van der Waals surface area contributed by atoms with E-state index in [4.69, 9.17) is 9.47 Å². The zero-order chi connectivity index (χ0) is 25.2. The Morgan fingerprint density at radius 3 is 2.34 bits per heavy atom. The predicted octanol–water partition coefficient (Wildman–Crippen LogP) is 4.02. The van der Waals surface area contributed by atoms with Crippen LogP contribution in [0.2, 0.25) is 0 Å². The van der Waals surface area contributed by atoms with Crippen molar-refractivity contribution in [3.8, 4) is 11.5 Å². The van der Waals surface area contributed by atoms with Crippen molar-refractivity contribution in [1.82, 2.24) is 13.9 Å². The highest BCUT2D eigenvalue weighted by Gasteiger charge is 2.23. The first-order valence-electron chi connectivity index (χ1n) is 11.0. The van der Waals surface area contributed by atoms with Gasteiger partial charge < -0.3 is 9.47 Å². The summed E-state index contributed by atoms with van der Waals surface area (Å²) in [4.78, 5) is 18.3. The van der Waals surface area contributed by atoms with Crippen LogP contribution >= 0.6 is 0 Å². The molecule has 0 saturated carbocycles. The topological polar surface area (TPSA) is 90.7 Å². The number of carbonyl (C=O) groups is 1. The van der Waals surface area contributed by atoms with E-state index in [1.807, 2.05) is 50.2 Å². The van der Waals surface area contributed by atoms with Crippen molar-refractivity contribution < 1.29 is 22.7 Å². The molecule has 0 aliphatic rings. The van der Waals surface area contributed by atoms with Gasteiger partial charge in [-0.25, -0.2) is 17.4 Å². The minimum atomic E-state index is -3.81. The van der Waals surface area contributed by atoms with Gasteiger partial charge in [-0.15, -0.1) is 0 Å². The lowest BCUT2D eigenvalue weighted by Gasteiger charge is -2.21. The second-order valence-corrected chi connectivity index (χ2v) is 10.2. The molecule has 0 radical (unpaired) electrons. The van der Waals surface area contributed by atoms with Crippen molar-refractivity contribution in [1.29, 1.82) is 0 Å². The molecule has 0 saturated heterocycles. The van der Waals surface area contributed by atoms with Crippen LogP contribution in [0.4, 0.5) is 0 Å². The Morgan fingerprint density at radius 2 is 1.71 bits per heavy atom. The van der Waals surface area contributed by atoms with Gasteiger partial charge in [0.1, 0.15) is 17.5 Å². The van der Waals surface area contributed by atoms with Crippen LogP contribution in [-0.4, -0.2) is 55.5 Å². The minimum Gasteiger partial charge on any atom is -0.468 e. The van der Waals surface area contributed by atoms with E-state index in [2.05, 4.69) is 4.98 Å². The number of ether oxygens (including phenoxy) is 2. The van der Waals surface area contributed by atoms with E-state index in [0.717, 1.165) is 15.1 Å².